The highest BCUT2D eigenvalue weighted by Gasteiger charge is 2.29. The fourth-order valence-electron chi connectivity index (χ4n) is 1.79. The summed E-state index contributed by atoms with van der Waals surface area (Å²) in [5, 5.41) is 33.6. The third-order valence-electron chi connectivity index (χ3n) is 2.95. The van der Waals surface area contributed by atoms with Crippen molar-refractivity contribution in [1.29, 1.82) is 0 Å². The van der Waals surface area contributed by atoms with E-state index >= 15 is 0 Å². The van der Waals surface area contributed by atoms with Gasteiger partial charge in [0, 0.05) is 17.1 Å². The second-order valence-corrected chi connectivity index (χ2v) is 4.61. The fourth-order valence-corrected chi connectivity index (χ4v) is 1.79. The number of aliphatic carboxylic acids is 2. The molecule has 0 radical (unpaired) electrons. The zero-order valence-corrected chi connectivity index (χ0v) is 11.9. The number of halogens is 1. The molecule has 0 bridgehead atoms. The minimum absolute atomic E-state index is 0.214. The number of fused-ring (bicyclic) bond motifs is 1. The zero-order chi connectivity index (χ0) is 17.6. The maximum atomic E-state index is 12.8. The van der Waals surface area contributed by atoms with Gasteiger partial charge in [0.15, 0.2) is 12.2 Å². The average molecular weight is 328 g/mol. The molecule has 0 saturated carbocycles. The Labute approximate surface area is 130 Å². The number of carbonyl (C=O) groups is 2. The minimum Gasteiger partial charge on any atom is -0.479 e. The highest BCUT2D eigenvalue weighted by atomic mass is 19.1. The van der Waals surface area contributed by atoms with Crippen LogP contribution in [0.2, 0.25) is 0 Å². The van der Waals surface area contributed by atoms with Crippen LogP contribution in [0.5, 0.6) is 0 Å². The standard InChI is InChI=1S/C10H11FN2.C4H6O6/c11-8-1-2-9-7(3-4-12)6-13-10(9)5-8;5-1(3(7)8)2(6)4(9)10/h1-2,5-6,13H,3-4,12H2;1-2,5-6H,(H,7,8)(H,9,10). The number of nitrogens with two attached hydrogens (primary N) is 1. The van der Waals surface area contributed by atoms with Gasteiger partial charge in [-0.25, -0.2) is 14.0 Å². The van der Waals surface area contributed by atoms with Crippen LogP contribution in [0.15, 0.2) is 24.4 Å². The van der Waals surface area contributed by atoms with Crippen LogP contribution >= 0.6 is 0 Å². The molecule has 7 N–H and O–H groups in total. The molecule has 2 atom stereocenters. The summed E-state index contributed by atoms with van der Waals surface area (Å²) in [5.74, 6) is -3.75. The molecule has 0 aliphatic rings. The highest BCUT2D eigenvalue weighted by Crippen LogP contribution is 2.19. The third kappa shape index (κ3) is 5.02. The number of rotatable bonds is 5. The summed E-state index contributed by atoms with van der Waals surface area (Å²) in [7, 11) is 0. The molecule has 2 unspecified atom stereocenters. The van der Waals surface area contributed by atoms with Gasteiger partial charge < -0.3 is 31.1 Å². The van der Waals surface area contributed by atoms with Crippen LogP contribution in [0, 0.1) is 5.82 Å². The lowest BCUT2D eigenvalue weighted by Gasteiger charge is -2.07. The number of benzene rings is 1. The summed E-state index contributed by atoms with van der Waals surface area (Å²) in [5.41, 5.74) is 7.44. The minimum atomic E-state index is -2.27. The first-order chi connectivity index (χ1) is 10.8. The SMILES string of the molecule is NCCc1c[nH]c2cc(F)ccc12.O=C(O)C(O)C(O)C(=O)O. The molecule has 0 aliphatic heterocycles. The van der Waals surface area contributed by atoms with E-state index in [-0.39, 0.29) is 5.82 Å². The Morgan fingerprint density at radius 2 is 1.74 bits per heavy atom. The molecule has 126 valence electrons. The summed E-state index contributed by atoms with van der Waals surface area (Å²) in [4.78, 5) is 22.6. The molecule has 1 aromatic carbocycles. The monoisotopic (exact) mass is 328 g/mol. The molecule has 23 heavy (non-hydrogen) atoms. The predicted molar refractivity (Wildman–Crippen MR) is 78.3 cm³/mol. The van der Waals surface area contributed by atoms with Crippen LogP contribution in [-0.2, 0) is 16.0 Å². The van der Waals surface area contributed by atoms with E-state index in [9.17, 15) is 14.0 Å². The first-order valence-corrected chi connectivity index (χ1v) is 6.55. The van der Waals surface area contributed by atoms with E-state index in [1.807, 2.05) is 6.20 Å². The van der Waals surface area contributed by atoms with Crippen molar-refractivity contribution in [3.63, 3.8) is 0 Å². The van der Waals surface area contributed by atoms with E-state index < -0.39 is 24.1 Å². The van der Waals surface area contributed by atoms with Crippen molar-refractivity contribution < 1.29 is 34.4 Å². The van der Waals surface area contributed by atoms with Gasteiger partial charge in [-0.15, -0.1) is 0 Å². The number of hydrogen-bond donors (Lipinski definition) is 6. The molecule has 2 aromatic rings. The van der Waals surface area contributed by atoms with Gasteiger partial charge in [0.25, 0.3) is 0 Å². The molecule has 0 aliphatic carbocycles. The van der Waals surface area contributed by atoms with Gasteiger partial charge in [0.2, 0.25) is 0 Å². The van der Waals surface area contributed by atoms with E-state index in [1.165, 1.54) is 12.1 Å². The van der Waals surface area contributed by atoms with Crippen molar-refractivity contribution in [2.24, 2.45) is 5.73 Å². The van der Waals surface area contributed by atoms with Crippen molar-refractivity contribution in [2.45, 2.75) is 18.6 Å². The van der Waals surface area contributed by atoms with Crippen LogP contribution in [0.1, 0.15) is 5.56 Å². The van der Waals surface area contributed by atoms with E-state index in [4.69, 9.17) is 26.2 Å². The van der Waals surface area contributed by atoms with Crippen LogP contribution < -0.4 is 5.73 Å². The second kappa shape index (κ2) is 8.22. The maximum absolute atomic E-state index is 12.8. The lowest BCUT2D eigenvalue weighted by Crippen LogP contribution is -2.39. The average Bonchev–Trinajstić information content (AvgIpc) is 2.88. The van der Waals surface area contributed by atoms with Gasteiger partial charge in [-0.2, -0.15) is 0 Å². The maximum Gasteiger partial charge on any atom is 0.335 e. The normalized spacial score (nSPS) is 13.0. The van der Waals surface area contributed by atoms with Crippen molar-refractivity contribution in [3.05, 3.63) is 35.8 Å². The Balaban J connectivity index is 0.000000241. The molecule has 2 rings (SSSR count). The van der Waals surface area contributed by atoms with E-state index in [2.05, 4.69) is 4.98 Å². The number of aromatic nitrogens is 1. The largest absolute Gasteiger partial charge is 0.479 e. The predicted octanol–water partition coefficient (Wildman–Crippen LogP) is -0.314. The highest BCUT2D eigenvalue weighted by molar-refractivity contribution is 5.83. The topological polar surface area (TPSA) is 157 Å². The van der Waals surface area contributed by atoms with E-state index in [0.29, 0.717) is 6.54 Å². The van der Waals surface area contributed by atoms with Crippen LogP contribution in [0.4, 0.5) is 4.39 Å². The molecular weight excluding hydrogens is 311 g/mol. The van der Waals surface area contributed by atoms with Gasteiger partial charge in [-0.1, -0.05) is 0 Å². The van der Waals surface area contributed by atoms with Crippen molar-refractivity contribution >= 4 is 22.8 Å². The Hall–Kier alpha value is -2.49. The third-order valence-corrected chi connectivity index (χ3v) is 2.95. The van der Waals surface area contributed by atoms with E-state index in [0.717, 1.165) is 22.9 Å². The van der Waals surface area contributed by atoms with Gasteiger partial charge in [0.05, 0.1) is 0 Å². The molecule has 0 saturated heterocycles. The number of nitrogens with one attached hydrogen (secondary N) is 1. The lowest BCUT2D eigenvalue weighted by atomic mass is 10.1. The number of H-pyrrole nitrogens is 1. The number of aliphatic hydroxyl groups is 2. The lowest BCUT2D eigenvalue weighted by molar-refractivity contribution is -0.165. The fraction of sp³-hybridized carbons (Fsp3) is 0.286. The van der Waals surface area contributed by atoms with Crippen molar-refractivity contribution in [3.8, 4) is 0 Å². The molecule has 0 fully saturated rings. The Kier molecular flexibility index (Phi) is 6.64. The number of aromatic amines is 1. The number of aliphatic hydroxyl groups excluding tert-OH is 2. The molecule has 0 spiro atoms. The molecular formula is C14H17FN2O6. The molecule has 8 nitrogen and oxygen atoms in total. The zero-order valence-electron chi connectivity index (χ0n) is 11.9. The number of carboxylic acids is 2. The van der Waals surface area contributed by atoms with Gasteiger partial charge in [-0.05, 0) is 36.7 Å². The Morgan fingerprint density at radius 1 is 1.17 bits per heavy atom. The van der Waals surface area contributed by atoms with Crippen molar-refractivity contribution in [1.82, 2.24) is 4.98 Å². The van der Waals surface area contributed by atoms with Crippen molar-refractivity contribution in [2.75, 3.05) is 6.54 Å². The van der Waals surface area contributed by atoms with Crippen LogP contribution in [0.25, 0.3) is 10.9 Å². The number of carboxylic acid groups (broad SMARTS) is 2. The quantitative estimate of drug-likeness (QED) is 0.439. The summed E-state index contributed by atoms with van der Waals surface area (Å²) < 4.78 is 12.8. The summed E-state index contributed by atoms with van der Waals surface area (Å²) >= 11 is 0. The summed E-state index contributed by atoms with van der Waals surface area (Å²) in [6, 6.07) is 4.75. The number of hydrogen-bond acceptors (Lipinski definition) is 5. The second-order valence-electron chi connectivity index (χ2n) is 4.61. The summed E-state index contributed by atoms with van der Waals surface area (Å²) in [6.07, 6.45) is -1.82. The van der Waals surface area contributed by atoms with Gasteiger partial charge >= 0.3 is 11.9 Å². The van der Waals surface area contributed by atoms with Crippen LogP contribution in [-0.4, -0.2) is 56.1 Å². The van der Waals surface area contributed by atoms with Gasteiger partial charge in [-0.3, -0.25) is 0 Å². The molecule has 1 aromatic heterocycles. The molecule has 1 heterocycles. The first kappa shape index (κ1) is 18.6. The first-order valence-electron chi connectivity index (χ1n) is 6.55. The van der Waals surface area contributed by atoms with E-state index in [1.54, 1.807) is 6.07 Å². The molecule has 0 amide bonds. The van der Waals surface area contributed by atoms with Crippen LogP contribution in [0.3, 0.4) is 0 Å². The van der Waals surface area contributed by atoms with Gasteiger partial charge in [0.1, 0.15) is 5.82 Å². The summed E-state index contributed by atoms with van der Waals surface area (Å²) in [6.45, 7) is 0.615. The smallest absolute Gasteiger partial charge is 0.335 e. The Bertz CT molecular complexity index is 669. The molecule has 9 heteroatoms. The Morgan fingerprint density at radius 3 is 2.22 bits per heavy atom.